The molecule has 0 aliphatic heterocycles. The predicted octanol–water partition coefficient (Wildman–Crippen LogP) is 4.80. The first-order valence-electron chi connectivity index (χ1n) is 10.3. The number of carbonyl (C=O) groups is 1. The van der Waals surface area contributed by atoms with E-state index < -0.39 is 0 Å². The SMILES string of the molecule is CCC(C)NC(=O)c1cccc(-c2nnc(-c3ccccc3)c(-c3ccccc3)n2)n1. The van der Waals surface area contributed by atoms with Gasteiger partial charge in [0.2, 0.25) is 5.82 Å². The molecule has 0 bridgehead atoms. The molecule has 1 unspecified atom stereocenters. The Morgan fingerprint density at radius 1 is 0.806 bits per heavy atom. The summed E-state index contributed by atoms with van der Waals surface area (Å²) >= 11 is 0. The highest BCUT2D eigenvalue weighted by Gasteiger charge is 2.16. The first-order chi connectivity index (χ1) is 15.2. The molecule has 4 rings (SSSR count). The highest BCUT2D eigenvalue weighted by molar-refractivity contribution is 5.93. The lowest BCUT2D eigenvalue weighted by molar-refractivity contribution is 0.0934. The molecule has 0 fully saturated rings. The van der Waals surface area contributed by atoms with Crippen molar-refractivity contribution in [2.24, 2.45) is 0 Å². The summed E-state index contributed by atoms with van der Waals surface area (Å²) < 4.78 is 0. The number of hydrogen-bond acceptors (Lipinski definition) is 5. The Hall–Kier alpha value is -3.93. The predicted molar refractivity (Wildman–Crippen MR) is 121 cm³/mol. The van der Waals surface area contributed by atoms with Crippen molar-refractivity contribution in [3.63, 3.8) is 0 Å². The number of nitrogens with one attached hydrogen (secondary N) is 1. The molecule has 1 atom stereocenters. The van der Waals surface area contributed by atoms with Crippen molar-refractivity contribution in [1.82, 2.24) is 25.5 Å². The van der Waals surface area contributed by atoms with Crippen LogP contribution in [0.15, 0.2) is 78.9 Å². The number of carbonyl (C=O) groups excluding carboxylic acids is 1. The van der Waals surface area contributed by atoms with Crippen LogP contribution in [0, 0.1) is 0 Å². The lowest BCUT2D eigenvalue weighted by Crippen LogP contribution is -2.32. The quantitative estimate of drug-likeness (QED) is 0.495. The molecular weight excluding hydrogens is 386 g/mol. The fourth-order valence-electron chi connectivity index (χ4n) is 3.11. The molecule has 0 saturated carbocycles. The summed E-state index contributed by atoms with van der Waals surface area (Å²) in [5.74, 6) is 0.157. The molecule has 2 heterocycles. The Morgan fingerprint density at radius 3 is 2.10 bits per heavy atom. The zero-order valence-electron chi connectivity index (χ0n) is 17.5. The van der Waals surface area contributed by atoms with Gasteiger partial charge in [-0.15, -0.1) is 10.2 Å². The van der Waals surface area contributed by atoms with Gasteiger partial charge in [0.05, 0.1) is 0 Å². The summed E-state index contributed by atoms with van der Waals surface area (Å²) in [4.78, 5) is 21.8. The minimum Gasteiger partial charge on any atom is -0.348 e. The number of hydrogen-bond donors (Lipinski definition) is 1. The zero-order chi connectivity index (χ0) is 21.6. The van der Waals surface area contributed by atoms with Crippen molar-refractivity contribution >= 4 is 5.91 Å². The zero-order valence-corrected chi connectivity index (χ0v) is 17.5. The molecule has 0 spiro atoms. The molecule has 154 valence electrons. The molecule has 6 heteroatoms. The van der Waals surface area contributed by atoms with Gasteiger partial charge >= 0.3 is 0 Å². The van der Waals surface area contributed by atoms with Gasteiger partial charge in [0, 0.05) is 17.2 Å². The third-order valence-corrected chi connectivity index (χ3v) is 4.98. The van der Waals surface area contributed by atoms with Crippen LogP contribution in [0.4, 0.5) is 0 Å². The molecule has 1 N–H and O–H groups in total. The van der Waals surface area contributed by atoms with Gasteiger partial charge in [-0.2, -0.15) is 0 Å². The van der Waals surface area contributed by atoms with Gasteiger partial charge in [0.1, 0.15) is 22.8 Å². The van der Waals surface area contributed by atoms with Gasteiger partial charge in [0.15, 0.2) is 0 Å². The molecular formula is C25H23N5O. The highest BCUT2D eigenvalue weighted by Crippen LogP contribution is 2.29. The normalized spacial score (nSPS) is 11.7. The summed E-state index contributed by atoms with van der Waals surface area (Å²) in [7, 11) is 0. The largest absolute Gasteiger partial charge is 0.348 e. The summed E-state index contributed by atoms with van der Waals surface area (Å²) in [5, 5.41) is 11.8. The van der Waals surface area contributed by atoms with E-state index in [1.54, 1.807) is 18.2 Å². The van der Waals surface area contributed by atoms with Crippen molar-refractivity contribution in [3.05, 3.63) is 84.6 Å². The Bertz CT molecular complexity index is 1180. The number of amides is 1. The standard InChI is InChI=1S/C25H23N5O/c1-3-17(2)26-25(31)21-16-10-15-20(27-21)24-28-22(18-11-6-4-7-12-18)23(29-30-24)19-13-8-5-9-14-19/h4-17H,3H2,1-2H3,(H,26,31). The van der Waals surface area contributed by atoms with Crippen LogP contribution < -0.4 is 5.32 Å². The highest BCUT2D eigenvalue weighted by atomic mass is 16.1. The number of nitrogens with zero attached hydrogens (tertiary/aromatic N) is 4. The van der Waals surface area contributed by atoms with E-state index in [1.165, 1.54) is 0 Å². The first-order valence-corrected chi connectivity index (χ1v) is 10.3. The Labute approximate surface area is 181 Å². The molecule has 0 saturated heterocycles. The van der Waals surface area contributed by atoms with Crippen LogP contribution in [0.5, 0.6) is 0 Å². The van der Waals surface area contributed by atoms with Crippen LogP contribution in [0.3, 0.4) is 0 Å². The number of benzene rings is 2. The summed E-state index contributed by atoms with van der Waals surface area (Å²) in [6.45, 7) is 3.98. The van der Waals surface area contributed by atoms with E-state index in [9.17, 15) is 4.79 Å². The maximum absolute atomic E-state index is 12.5. The van der Waals surface area contributed by atoms with Gasteiger partial charge in [-0.25, -0.2) is 9.97 Å². The van der Waals surface area contributed by atoms with Crippen molar-refractivity contribution in [2.75, 3.05) is 0 Å². The van der Waals surface area contributed by atoms with Crippen molar-refractivity contribution < 1.29 is 4.79 Å². The third kappa shape index (κ3) is 4.64. The fourth-order valence-corrected chi connectivity index (χ4v) is 3.11. The lowest BCUT2D eigenvalue weighted by atomic mass is 10.0. The molecule has 4 aromatic rings. The summed E-state index contributed by atoms with van der Waals surface area (Å²) in [6, 6.07) is 25.0. The van der Waals surface area contributed by atoms with Crippen molar-refractivity contribution in [1.29, 1.82) is 0 Å². The Balaban J connectivity index is 1.77. The molecule has 0 aliphatic rings. The van der Waals surface area contributed by atoms with Crippen LogP contribution in [-0.4, -0.2) is 32.1 Å². The summed E-state index contributed by atoms with van der Waals surface area (Å²) in [6.07, 6.45) is 0.847. The number of pyridine rings is 1. The molecule has 6 nitrogen and oxygen atoms in total. The van der Waals surface area contributed by atoms with E-state index >= 15 is 0 Å². The van der Waals surface area contributed by atoms with E-state index in [0.717, 1.165) is 17.5 Å². The molecule has 0 radical (unpaired) electrons. The molecule has 1 amide bonds. The van der Waals surface area contributed by atoms with Crippen LogP contribution in [0.1, 0.15) is 30.8 Å². The second kappa shape index (κ2) is 9.26. The van der Waals surface area contributed by atoms with Gasteiger partial charge in [0.25, 0.3) is 5.91 Å². The maximum Gasteiger partial charge on any atom is 0.270 e. The minimum atomic E-state index is -0.214. The smallest absolute Gasteiger partial charge is 0.270 e. The minimum absolute atomic E-state index is 0.0747. The monoisotopic (exact) mass is 409 g/mol. The Morgan fingerprint density at radius 2 is 1.45 bits per heavy atom. The lowest BCUT2D eigenvalue weighted by Gasteiger charge is -2.12. The van der Waals surface area contributed by atoms with Gasteiger partial charge in [-0.05, 0) is 25.5 Å². The van der Waals surface area contributed by atoms with E-state index in [2.05, 4.69) is 20.5 Å². The van der Waals surface area contributed by atoms with E-state index in [0.29, 0.717) is 28.6 Å². The first kappa shape index (κ1) is 20.3. The number of rotatable bonds is 6. The summed E-state index contributed by atoms with van der Waals surface area (Å²) in [5.41, 5.74) is 4.11. The molecule has 0 aliphatic carbocycles. The van der Waals surface area contributed by atoms with Crippen molar-refractivity contribution in [2.45, 2.75) is 26.3 Å². The van der Waals surface area contributed by atoms with Crippen LogP contribution >= 0.6 is 0 Å². The van der Waals surface area contributed by atoms with Gasteiger partial charge < -0.3 is 5.32 Å². The second-order valence-corrected chi connectivity index (χ2v) is 7.26. The van der Waals surface area contributed by atoms with Crippen LogP contribution in [0.2, 0.25) is 0 Å². The van der Waals surface area contributed by atoms with Crippen molar-refractivity contribution in [3.8, 4) is 34.0 Å². The van der Waals surface area contributed by atoms with Crippen LogP contribution in [0.25, 0.3) is 34.0 Å². The van der Waals surface area contributed by atoms with Crippen LogP contribution in [-0.2, 0) is 0 Å². The molecule has 31 heavy (non-hydrogen) atoms. The van der Waals surface area contributed by atoms with E-state index in [4.69, 9.17) is 4.98 Å². The molecule has 2 aromatic carbocycles. The van der Waals surface area contributed by atoms with Gasteiger partial charge in [-0.1, -0.05) is 73.7 Å². The fraction of sp³-hybridized carbons (Fsp3) is 0.160. The number of aromatic nitrogens is 4. The molecule has 2 aromatic heterocycles. The average molecular weight is 409 g/mol. The Kier molecular flexibility index (Phi) is 6.08. The van der Waals surface area contributed by atoms with E-state index in [1.807, 2.05) is 74.5 Å². The topological polar surface area (TPSA) is 80.7 Å². The van der Waals surface area contributed by atoms with E-state index in [-0.39, 0.29) is 11.9 Å². The third-order valence-electron chi connectivity index (χ3n) is 4.98. The maximum atomic E-state index is 12.5. The average Bonchev–Trinajstić information content (AvgIpc) is 2.84. The van der Waals surface area contributed by atoms with Gasteiger partial charge in [-0.3, -0.25) is 4.79 Å². The second-order valence-electron chi connectivity index (χ2n) is 7.26.